The molecule has 0 aliphatic rings. The van der Waals surface area contributed by atoms with Crippen LogP contribution in [0.4, 0.5) is 0 Å². The van der Waals surface area contributed by atoms with Crippen molar-refractivity contribution in [2.24, 2.45) is 5.73 Å². The number of aliphatic carboxylic acids is 2. The van der Waals surface area contributed by atoms with Gasteiger partial charge in [0, 0.05) is 24.7 Å². The van der Waals surface area contributed by atoms with Gasteiger partial charge >= 0.3 is 11.9 Å². The molecule has 34 heavy (non-hydrogen) atoms. The number of carbonyl (C=O) groups is 5. The van der Waals surface area contributed by atoms with E-state index in [1.165, 1.54) is 24.3 Å². The van der Waals surface area contributed by atoms with Crippen LogP contribution in [0.5, 0.6) is 0 Å². The van der Waals surface area contributed by atoms with Gasteiger partial charge in [-0.05, 0) is 24.9 Å². The van der Waals surface area contributed by atoms with Crippen molar-refractivity contribution in [1.82, 2.24) is 25.9 Å². The van der Waals surface area contributed by atoms with Gasteiger partial charge in [0.15, 0.2) is 0 Å². The van der Waals surface area contributed by atoms with E-state index in [0.717, 1.165) is 0 Å². The second kappa shape index (κ2) is 14.9. The zero-order chi connectivity index (χ0) is 25.7. The third-order valence-electron chi connectivity index (χ3n) is 4.66. The standard InChI is InChI=1S/C19H30N6O8S/c1-34-5-4-12(23-16(29)11(20)2-3-15(27)28)17(30)24-13(6-10-7-21-9-22-10)18(31)25-14(8-26)19(32)33/h7,9,11-14,26H,2-6,8,20H2,1H3,(H,21,22)(H,23,29)(H,24,30)(H,25,31)(H,27,28)(H,32,33). The maximum atomic E-state index is 13.0. The summed E-state index contributed by atoms with van der Waals surface area (Å²) >= 11 is 1.41. The van der Waals surface area contributed by atoms with E-state index in [9.17, 15) is 29.1 Å². The maximum absolute atomic E-state index is 13.0. The quantitative estimate of drug-likeness (QED) is 0.117. The zero-order valence-electron chi connectivity index (χ0n) is 18.5. The minimum absolute atomic E-state index is 0.0728. The molecule has 0 saturated heterocycles. The summed E-state index contributed by atoms with van der Waals surface area (Å²) in [4.78, 5) is 66.5. The molecule has 3 amide bonds. The molecule has 0 bridgehead atoms. The number of amides is 3. The fourth-order valence-electron chi connectivity index (χ4n) is 2.75. The molecule has 0 radical (unpaired) electrons. The summed E-state index contributed by atoms with van der Waals surface area (Å²) in [7, 11) is 0. The molecule has 15 heteroatoms. The fourth-order valence-corrected chi connectivity index (χ4v) is 3.22. The van der Waals surface area contributed by atoms with Crippen LogP contribution in [0.3, 0.4) is 0 Å². The first-order valence-electron chi connectivity index (χ1n) is 10.3. The summed E-state index contributed by atoms with van der Waals surface area (Å²) in [6, 6.07) is -5.06. The van der Waals surface area contributed by atoms with E-state index in [1.807, 2.05) is 0 Å². The highest BCUT2D eigenvalue weighted by atomic mass is 32.2. The molecule has 1 heterocycles. The van der Waals surface area contributed by atoms with Gasteiger partial charge in [-0.25, -0.2) is 9.78 Å². The number of aliphatic hydroxyl groups excluding tert-OH is 1. The average Bonchev–Trinajstić information content (AvgIpc) is 3.30. The van der Waals surface area contributed by atoms with Crippen LogP contribution in [0.1, 0.15) is 25.0 Å². The van der Waals surface area contributed by atoms with Crippen LogP contribution < -0.4 is 21.7 Å². The highest BCUT2D eigenvalue weighted by molar-refractivity contribution is 7.98. The van der Waals surface area contributed by atoms with E-state index in [0.29, 0.717) is 11.4 Å². The number of rotatable bonds is 16. The van der Waals surface area contributed by atoms with Crippen LogP contribution in [0.2, 0.25) is 0 Å². The molecule has 0 aromatic carbocycles. The predicted octanol–water partition coefficient (Wildman–Crippen LogP) is -2.57. The third-order valence-corrected chi connectivity index (χ3v) is 5.30. The van der Waals surface area contributed by atoms with Crippen LogP contribution in [0.25, 0.3) is 0 Å². The Morgan fingerprint density at radius 1 is 1.03 bits per heavy atom. The normalized spacial score (nSPS) is 14.3. The predicted molar refractivity (Wildman–Crippen MR) is 121 cm³/mol. The topological polar surface area (TPSA) is 237 Å². The molecule has 1 rings (SSSR count). The number of aromatic nitrogens is 2. The summed E-state index contributed by atoms with van der Waals surface area (Å²) < 4.78 is 0. The molecule has 1 aromatic rings. The number of carboxylic acids is 2. The van der Waals surface area contributed by atoms with E-state index in [-0.39, 0.29) is 25.7 Å². The first kappa shape index (κ1) is 28.9. The maximum Gasteiger partial charge on any atom is 0.328 e. The van der Waals surface area contributed by atoms with Crippen molar-refractivity contribution >= 4 is 41.4 Å². The molecular weight excluding hydrogens is 472 g/mol. The Kier molecular flexibility index (Phi) is 12.6. The van der Waals surface area contributed by atoms with Gasteiger partial charge in [-0.15, -0.1) is 0 Å². The summed E-state index contributed by atoms with van der Waals surface area (Å²) in [5.41, 5.74) is 6.18. The first-order chi connectivity index (χ1) is 16.1. The number of nitrogens with one attached hydrogen (secondary N) is 4. The Labute approximate surface area is 199 Å². The van der Waals surface area contributed by atoms with Gasteiger partial charge < -0.3 is 42.0 Å². The van der Waals surface area contributed by atoms with E-state index < -0.39 is 60.4 Å². The van der Waals surface area contributed by atoms with Gasteiger partial charge in [-0.1, -0.05) is 0 Å². The lowest BCUT2D eigenvalue weighted by Crippen LogP contribution is -2.58. The Hall–Kier alpha value is -3.17. The van der Waals surface area contributed by atoms with E-state index in [1.54, 1.807) is 6.26 Å². The number of nitrogens with zero attached hydrogens (tertiary/aromatic N) is 1. The van der Waals surface area contributed by atoms with Crippen LogP contribution >= 0.6 is 11.8 Å². The molecular formula is C19H30N6O8S. The Morgan fingerprint density at radius 2 is 1.65 bits per heavy atom. The SMILES string of the molecule is CSCCC(NC(=O)C(N)CCC(=O)O)C(=O)NC(Cc1cnc[nH]1)C(=O)NC(CO)C(=O)O. The van der Waals surface area contributed by atoms with Crippen molar-refractivity contribution in [1.29, 1.82) is 0 Å². The number of carboxylic acid groups (broad SMARTS) is 2. The molecule has 0 fully saturated rings. The van der Waals surface area contributed by atoms with Crippen molar-refractivity contribution < 1.29 is 39.3 Å². The highest BCUT2D eigenvalue weighted by Crippen LogP contribution is 2.06. The van der Waals surface area contributed by atoms with Gasteiger partial charge in [0.05, 0.1) is 19.0 Å². The number of thioether (sulfide) groups is 1. The Bertz CT molecular complexity index is 837. The van der Waals surface area contributed by atoms with E-state index >= 15 is 0 Å². The summed E-state index contributed by atoms with van der Waals surface area (Å²) in [5.74, 6) is -4.40. The number of H-pyrrole nitrogens is 1. The molecule has 0 aliphatic carbocycles. The largest absolute Gasteiger partial charge is 0.481 e. The minimum Gasteiger partial charge on any atom is -0.481 e. The minimum atomic E-state index is -1.58. The molecule has 0 spiro atoms. The van der Waals surface area contributed by atoms with Crippen molar-refractivity contribution in [2.75, 3.05) is 18.6 Å². The van der Waals surface area contributed by atoms with Crippen molar-refractivity contribution in [2.45, 2.75) is 49.9 Å². The van der Waals surface area contributed by atoms with Crippen molar-refractivity contribution in [3.8, 4) is 0 Å². The second-order valence-electron chi connectivity index (χ2n) is 7.31. The highest BCUT2D eigenvalue weighted by Gasteiger charge is 2.30. The van der Waals surface area contributed by atoms with Gasteiger partial charge in [-0.3, -0.25) is 19.2 Å². The van der Waals surface area contributed by atoms with Gasteiger partial charge in [-0.2, -0.15) is 11.8 Å². The third kappa shape index (κ3) is 10.2. The molecule has 9 N–H and O–H groups in total. The molecule has 14 nitrogen and oxygen atoms in total. The molecule has 0 aliphatic heterocycles. The van der Waals surface area contributed by atoms with Crippen LogP contribution in [0, 0.1) is 0 Å². The molecule has 4 atom stereocenters. The lowest BCUT2D eigenvalue weighted by Gasteiger charge is -2.24. The number of aromatic amines is 1. The van der Waals surface area contributed by atoms with Crippen LogP contribution in [-0.2, 0) is 30.4 Å². The number of aliphatic hydroxyl groups is 1. The number of carbonyl (C=O) groups excluding carboxylic acids is 3. The second-order valence-corrected chi connectivity index (χ2v) is 8.29. The molecule has 0 saturated carbocycles. The van der Waals surface area contributed by atoms with Crippen LogP contribution in [0.15, 0.2) is 12.5 Å². The number of hydrogen-bond donors (Lipinski definition) is 8. The number of nitrogens with two attached hydrogens (primary N) is 1. The smallest absolute Gasteiger partial charge is 0.328 e. The van der Waals surface area contributed by atoms with Gasteiger partial charge in [0.1, 0.15) is 18.1 Å². The number of hydrogen-bond acceptors (Lipinski definition) is 9. The fraction of sp³-hybridized carbons (Fsp3) is 0.579. The van der Waals surface area contributed by atoms with Crippen molar-refractivity contribution in [3.05, 3.63) is 18.2 Å². The lowest BCUT2D eigenvalue weighted by atomic mass is 10.1. The zero-order valence-corrected chi connectivity index (χ0v) is 19.3. The van der Waals surface area contributed by atoms with E-state index in [4.69, 9.17) is 15.9 Å². The van der Waals surface area contributed by atoms with Crippen LogP contribution in [-0.4, -0.2) is 97.7 Å². The lowest BCUT2D eigenvalue weighted by molar-refractivity contribution is -0.143. The summed E-state index contributed by atoms with van der Waals surface area (Å²) in [6.45, 7) is -0.855. The Balaban J connectivity index is 2.97. The van der Waals surface area contributed by atoms with E-state index in [2.05, 4.69) is 25.9 Å². The Morgan fingerprint density at radius 3 is 2.18 bits per heavy atom. The first-order valence-corrected chi connectivity index (χ1v) is 11.7. The summed E-state index contributed by atoms with van der Waals surface area (Å²) in [5, 5.41) is 34.1. The molecule has 1 aromatic heterocycles. The monoisotopic (exact) mass is 502 g/mol. The number of imidazole rings is 1. The molecule has 4 unspecified atom stereocenters. The van der Waals surface area contributed by atoms with Gasteiger partial charge in [0.2, 0.25) is 17.7 Å². The molecule has 190 valence electrons. The van der Waals surface area contributed by atoms with Crippen molar-refractivity contribution in [3.63, 3.8) is 0 Å². The summed E-state index contributed by atoms with van der Waals surface area (Å²) in [6.07, 6.45) is 4.25. The average molecular weight is 503 g/mol. The van der Waals surface area contributed by atoms with Gasteiger partial charge in [0.25, 0.3) is 0 Å².